The van der Waals surface area contributed by atoms with Crippen LogP contribution in [0.3, 0.4) is 0 Å². The van der Waals surface area contributed by atoms with E-state index in [0.29, 0.717) is 16.3 Å². The highest BCUT2D eigenvalue weighted by Crippen LogP contribution is 2.18. The van der Waals surface area contributed by atoms with E-state index in [1.54, 1.807) is 18.3 Å². The molecule has 7 heteroatoms. The molecule has 3 rings (SSSR count). The van der Waals surface area contributed by atoms with Crippen LogP contribution in [0.2, 0.25) is 0 Å². The zero-order valence-corrected chi connectivity index (χ0v) is 14.4. The first-order valence-electron chi connectivity index (χ1n) is 8.05. The van der Waals surface area contributed by atoms with Crippen molar-refractivity contribution in [2.45, 2.75) is 17.9 Å². The molecule has 1 saturated heterocycles. The molecule has 0 radical (unpaired) electrons. The van der Waals surface area contributed by atoms with Gasteiger partial charge < -0.3 is 10.2 Å². The number of rotatable bonds is 5. The van der Waals surface area contributed by atoms with E-state index in [0.717, 1.165) is 25.9 Å². The number of amides is 2. The molecule has 2 aromatic rings. The second-order valence-corrected chi connectivity index (χ2v) is 6.72. The fourth-order valence-corrected chi connectivity index (χ4v) is 3.21. The molecule has 1 N–H and O–H groups in total. The lowest BCUT2D eigenvalue weighted by molar-refractivity contribution is -0.113. The van der Waals surface area contributed by atoms with Crippen LogP contribution in [0.25, 0.3) is 0 Å². The summed E-state index contributed by atoms with van der Waals surface area (Å²) in [7, 11) is 0. The molecule has 5 nitrogen and oxygen atoms in total. The Balaban J connectivity index is 1.50. The van der Waals surface area contributed by atoms with Crippen LogP contribution in [0.5, 0.6) is 0 Å². The maximum atomic E-state index is 12.8. The third kappa shape index (κ3) is 4.79. The molecule has 0 atom stereocenters. The molecule has 0 unspecified atom stereocenters. The van der Waals surface area contributed by atoms with E-state index >= 15 is 0 Å². The van der Waals surface area contributed by atoms with Gasteiger partial charge in [-0.25, -0.2) is 9.37 Å². The van der Waals surface area contributed by atoms with E-state index in [4.69, 9.17) is 0 Å². The molecule has 2 heterocycles. The number of nitrogens with zero attached hydrogens (tertiary/aromatic N) is 2. The second kappa shape index (κ2) is 8.11. The third-order valence-electron chi connectivity index (χ3n) is 3.86. The Kier molecular flexibility index (Phi) is 5.65. The van der Waals surface area contributed by atoms with Crippen LogP contribution < -0.4 is 5.32 Å². The van der Waals surface area contributed by atoms with Crippen molar-refractivity contribution in [1.82, 2.24) is 9.88 Å². The van der Waals surface area contributed by atoms with Gasteiger partial charge in [-0.15, -0.1) is 0 Å². The summed E-state index contributed by atoms with van der Waals surface area (Å²) in [4.78, 5) is 30.2. The van der Waals surface area contributed by atoms with Gasteiger partial charge in [-0.2, -0.15) is 0 Å². The molecular weight excluding hydrogens is 341 g/mol. The van der Waals surface area contributed by atoms with Crippen LogP contribution in [-0.2, 0) is 4.79 Å². The summed E-state index contributed by atoms with van der Waals surface area (Å²) >= 11 is 1.28. The van der Waals surface area contributed by atoms with Crippen LogP contribution in [0.1, 0.15) is 23.2 Å². The molecule has 0 aliphatic carbocycles. The first kappa shape index (κ1) is 17.4. The van der Waals surface area contributed by atoms with Crippen LogP contribution in [0.15, 0.2) is 47.6 Å². The van der Waals surface area contributed by atoms with Crippen molar-refractivity contribution in [3.63, 3.8) is 0 Å². The van der Waals surface area contributed by atoms with Gasteiger partial charge in [0.05, 0.1) is 16.3 Å². The minimum Gasteiger partial charge on any atom is -0.339 e. The van der Waals surface area contributed by atoms with Crippen molar-refractivity contribution in [2.75, 3.05) is 24.2 Å². The van der Waals surface area contributed by atoms with Gasteiger partial charge in [0.1, 0.15) is 5.82 Å². The monoisotopic (exact) mass is 359 g/mol. The highest BCUT2D eigenvalue weighted by atomic mass is 32.2. The Morgan fingerprint density at radius 3 is 2.48 bits per heavy atom. The summed E-state index contributed by atoms with van der Waals surface area (Å²) in [6.45, 7) is 1.61. The van der Waals surface area contributed by atoms with E-state index in [1.807, 2.05) is 4.90 Å². The number of aromatic nitrogens is 1. The standard InChI is InChI=1S/C18H18FN3O2S/c19-14-4-6-15(7-5-14)21-16(23)12-25-17-8-3-13(11-20-17)18(24)22-9-1-2-10-22/h3-8,11H,1-2,9-10,12H2,(H,21,23). The van der Waals surface area contributed by atoms with Crippen molar-refractivity contribution < 1.29 is 14.0 Å². The number of carbonyl (C=O) groups excluding carboxylic acids is 2. The molecule has 25 heavy (non-hydrogen) atoms. The van der Waals surface area contributed by atoms with E-state index < -0.39 is 0 Å². The minimum absolute atomic E-state index is 0.00982. The smallest absolute Gasteiger partial charge is 0.255 e. The first-order valence-corrected chi connectivity index (χ1v) is 9.04. The van der Waals surface area contributed by atoms with E-state index in [2.05, 4.69) is 10.3 Å². The van der Waals surface area contributed by atoms with Gasteiger partial charge in [-0.05, 0) is 49.2 Å². The fraction of sp³-hybridized carbons (Fsp3) is 0.278. The highest BCUT2D eigenvalue weighted by Gasteiger charge is 2.19. The van der Waals surface area contributed by atoms with Gasteiger partial charge in [0.2, 0.25) is 5.91 Å². The molecule has 1 aromatic heterocycles. The van der Waals surface area contributed by atoms with Gasteiger partial charge in [-0.3, -0.25) is 9.59 Å². The van der Waals surface area contributed by atoms with Gasteiger partial charge in [0.15, 0.2) is 0 Å². The second-order valence-electron chi connectivity index (χ2n) is 5.73. The summed E-state index contributed by atoms with van der Waals surface area (Å²) in [6.07, 6.45) is 3.66. The normalized spacial score (nSPS) is 13.7. The van der Waals surface area contributed by atoms with Crippen molar-refractivity contribution in [1.29, 1.82) is 0 Å². The lowest BCUT2D eigenvalue weighted by Crippen LogP contribution is -2.27. The Hall–Kier alpha value is -2.41. The number of hydrogen-bond acceptors (Lipinski definition) is 4. The summed E-state index contributed by atoms with van der Waals surface area (Å²) in [5.74, 6) is -0.351. The first-order chi connectivity index (χ1) is 12.1. The van der Waals surface area contributed by atoms with Gasteiger partial charge in [0, 0.05) is 25.0 Å². The molecule has 130 valence electrons. The van der Waals surface area contributed by atoms with Crippen LogP contribution in [0, 0.1) is 5.82 Å². The molecule has 1 fully saturated rings. The molecule has 0 bridgehead atoms. The third-order valence-corrected chi connectivity index (χ3v) is 4.80. The Morgan fingerprint density at radius 2 is 1.84 bits per heavy atom. The average Bonchev–Trinajstić information content (AvgIpc) is 3.16. The Bertz CT molecular complexity index is 744. The van der Waals surface area contributed by atoms with Crippen molar-refractivity contribution in [2.24, 2.45) is 0 Å². The summed E-state index contributed by atoms with van der Waals surface area (Å²) in [6, 6.07) is 9.09. The number of carbonyl (C=O) groups is 2. The van der Waals surface area contributed by atoms with Crippen molar-refractivity contribution in [3.8, 4) is 0 Å². The summed E-state index contributed by atoms with van der Waals surface area (Å²) < 4.78 is 12.8. The quantitative estimate of drug-likeness (QED) is 0.833. The topological polar surface area (TPSA) is 62.3 Å². The largest absolute Gasteiger partial charge is 0.339 e. The lowest BCUT2D eigenvalue weighted by Gasteiger charge is -2.14. The lowest BCUT2D eigenvalue weighted by atomic mass is 10.2. The Labute approximate surface area is 149 Å². The Morgan fingerprint density at radius 1 is 1.12 bits per heavy atom. The van der Waals surface area contributed by atoms with Gasteiger partial charge >= 0.3 is 0 Å². The molecular formula is C18H18FN3O2S. The van der Waals surface area contributed by atoms with Gasteiger partial charge in [-0.1, -0.05) is 11.8 Å². The minimum atomic E-state index is -0.347. The number of halogens is 1. The van der Waals surface area contributed by atoms with Crippen molar-refractivity contribution in [3.05, 3.63) is 54.0 Å². The van der Waals surface area contributed by atoms with Crippen LogP contribution >= 0.6 is 11.8 Å². The number of likely N-dealkylation sites (tertiary alicyclic amines) is 1. The number of anilines is 1. The SMILES string of the molecule is O=C(CSc1ccc(C(=O)N2CCCC2)cn1)Nc1ccc(F)cc1. The van der Waals surface area contributed by atoms with Crippen molar-refractivity contribution >= 4 is 29.3 Å². The number of pyridine rings is 1. The van der Waals surface area contributed by atoms with E-state index in [9.17, 15) is 14.0 Å². The van der Waals surface area contributed by atoms with Crippen LogP contribution in [0.4, 0.5) is 10.1 Å². The van der Waals surface area contributed by atoms with Crippen LogP contribution in [-0.4, -0.2) is 40.5 Å². The summed E-state index contributed by atoms with van der Waals surface area (Å²) in [5, 5.41) is 3.36. The predicted octanol–water partition coefficient (Wildman–Crippen LogP) is 3.19. The molecule has 1 aliphatic rings. The maximum Gasteiger partial charge on any atom is 0.255 e. The van der Waals surface area contributed by atoms with E-state index in [1.165, 1.54) is 36.0 Å². The molecule has 0 spiro atoms. The molecule has 0 saturated carbocycles. The maximum absolute atomic E-state index is 12.8. The molecule has 1 aliphatic heterocycles. The number of benzene rings is 1. The molecule has 2 amide bonds. The number of hydrogen-bond donors (Lipinski definition) is 1. The fourth-order valence-electron chi connectivity index (χ4n) is 2.56. The van der Waals surface area contributed by atoms with Gasteiger partial charge in [0.25, 0.3) is 5.91 Å². The predicted molar refractivity (Wildman–Crippen MR) is 95.1 cm³/mol. The average molecular weight is 359 g/mol. The zero-order chi connectivity index (χ0) is 17.6. The number of nitrogens with one attached hydrogen (secondary N) is 1. The molecule has 1 aromatic carbocycles. The van der Waals surface area contributed by atoms with E-state index in [-0.39, 0.29) is 23.4 Å². The highest BCUT2D eigenvalue weighted by molar-refractivity contribution is 7.99. The number of thioether (sulfide) groups is 1. The zero-order valence-electron chi connectivity index (χ0n) is 13.6. The summed E-state index contributed by atoms with van der Waals surface area (Å²) in [5.41, 5.74) is 1.12.